The summed E-state index contributed by atoms with van der Waals surface area (Å²) in [6.07, 6.45) is -11.5. The Bertz CT molecular complexity index is 849. The van der Waals surface area contributed by atoms with Crippen LogP contribution in [-0.4, -0.2) is 150 Å². The molecule has 17 nitrogen and oxygen atoms in total. The van der Waals surface area contributed by atoms with Crippen LogP contribution < -0.4 is 33.6 Å². The van der Waals surface area contributed by atoms with E-state index in [0.717, 1.165) is 0 Å². The molecular formula is C24H46N6O11. The van der Waals surface area contributed by atoms with Gasteiger partial charge in [0.15, 0.2) is 18.9 Å². The van der Waals surface area contributed by atoms with Gasteiger partial charge in [0.05, 0.1) is 36.9 Å². The highest BCUT2D eigenvalue weighted by Gasteiger charge is 2.54. The van der Waals surface area contributed by atoms with E-state index in [1.165, 1.54) is 0 Å². The number of aliphatic hydroxyl groups excluding tert-OH is 5. The lowest BCUT2D eigenvalue weighted by Crippen LogP contribution is -2.70. The molecule has 16 atom stereocenters. The van der Waals surface area contributed by atoms with Crippen LogP contribution in [0.25, 0.3) is 0 Å². The Morgan fingerprint density at radius 3 is 2.24 bits per heavy atom. The summed E-state index contributed by atoms with van der Waals surface area (Å²) in [5.41, 5.74) is 23.8. The lowest BCUT2D eigenvalue weighted by Gasteiger charge is -2.51. The fourth-order valence-corrected chi connectivity index (χ4v) is 6.02. The van der Waals surface area contributed by atoms with Gasteiger partial charge in [-0.05, 0) is 26.3 Å². The molecule has 4 aliphatic rings. The summed E-state index contributed by atoms with van der Waals surface area (Å²) in [6, 6.07) is -3.49. The zero-order valence-corrected chi connectivity index (χ0v) is 23.0. The Kier molecular flexibility index (Phi) is 11.3. The predicted octanol–water partition coefficient (Wildman–Crippen LogP) is -6.41. The average molecular weight is 595 g/mol. The molecule has 238 valence electrons. The quantitative estimate of drug-likeness (QED) is 0.118. The van der Waals surface area contributed by atoms with E-state index >= 15 is 0 Å². The fraction of sp³-hybridized carbons (Fsp3) is 0.958. The van der Waals surface area contributed by atoms with Crippen molar-refractivity contribution in [2.45, 2.75) is 124 Å². The molecule has 0 radical (unpaired) electrons. The highest BCUT2D eigenvalue weighted by molar-refractivity contribution is 5.76. The van der Waals surface area contributed by atoms with Crippen molar-refractivity contribution in [3.63, 3.8) is 0 Å². The Balaban J connectivity index is 1.41. The number of hydrogen-bond acceptors (Lipinski definition) is 16. The number of amides is 1. The summed E-state index contributed by atoms with van der Waals surface area (Å²) < 4.78 is 29.7. The first kappa shape index (κ1) is 32.8. The summed E-state index contributed by atoms with van der Waals surface area (Å²) >= 11 is 0. The van der Waals surface area contributed by atoms with Crippen LogP contribution >= 0.6 is 0 Å². The minimum absolute atomic E-state index is 0.0179. The number of rotatable bonds is 9. The maximum Gasteiger partial charge on any atom is 0.221 e. The van der Waals surface area contributed by atoms with Gasteiger partial charge in [0, 0.05) is 25.0 Å². The zero-order valence-electron chi connectivity index (χ0n) is 23.0. The van der Waals surface area contributed by atoms with Crippen LogP contribution in [0.3, 0.4) is 0 Å². The van der Waals surface area contributed by atoms with Gasteiger partial charge in [-0.15, -0.1) is 0 Å². The monoisotopic (exact) mass is 594 g/mol. The van der Waals surface area contributed by atoms with Gasteiger partial charge in [-0.25, -0.2) is 0 Å². The molecule has 3 heterocycles. The van der Waals surface area contributed by atoms with Crippen LogP contribution in [-0.2, 0) is 28.5 Å². The van der Waals surface area contributed by atoms with Crippen molar-refractivity contribution in [1.82, 2.24) is 10.6 Å². The Hall–Kier alpha value is -1.13. The molecule has 0 aromatic heterocycles. The highest BCUT2D eigenvalue weighted by atomic mass is 16.8. The van der Waals surface area contributed by atoms with Gasteiger partial charge >= 0.3 is 0 Å². The van der Waals surface area contributed by atoms with Crippen LogP contribution in [0, 0.1) is 0 Å². The average Bonchev–Trinajstić information content (AvgIpc) is 2.91. The van der Waals surface area contributed by atoms with Gasteiger partial charge < -0.3 is 82.8 Å². The number of carbonyl (C=O) groups is 1. The SMILES string of the molecule is CNC1C(O[C@H]2OC(CO)[C@@H](NC(=O)CCN)C(O)C2O)O[C@H]2CC(N)[C@@H](O[C@@H]3C(N)C[C@@H](N)CC3O)OC2C1O. The molecule has 1 amide bonds. The summed E-state index contributed by atoms with van der Waals surface area (Å²) in [5.74, 6) is -0.482. The van der Waals surface area contributed by atoms with E-state index in [0.29, 0.717) is 12.8 Å². The van der Waals surface area contributed by atoms with Crippen molar-refractivity contribution in [1.29, 1.82) is 0 Å². The number of likely N-dealkylation sites (N-methyl/N-ethyl adjacent to an activating group) is 1. The molecule has 3 saturated heterocycles. The maximum atomic E-state index is 12.0. The maximum absolute atomic E-state index is 12.0. The Labute approximate surface area is 237 Å². The number of hydrogen-bond donors (Lipinski definition) is 11. The highest BCUT2D eigenvalue weighted by Crippen LogP contribution is 2.35. The van der Waals surface area contributed by atoms with E-state index in [9.17, 15) is 30.3 Å². The zero-order chi connectivity index (χ0) is 30.0. The molecule has 4 fully saturated rings. The number of nitrogens with one attached hydrogen (secondary N) is 2. The predicted molar refractivity (Wildman–Crippen MR) is 139 cm³/mol. The van der Waals surface area contributed by atoms with E-state index in [-0.39, 0.29) is 25.4 Å². The first-order valence-corrected chi connectivity index (χ1v) is 14.0. The van der Waals surface area contributed by atoms with E-state index < -0.39 is 104 Å². The van der Waals surface area contributed by atoms with Crippen molar-refractivity contribution in [2.24, 2.45) is 22.9 Å². The van der Waals surface area contributed by atoms with Crippen LogP contribution in [0.15, 0.2) is 0 Å². The molecule has 0 aromatic carbocycles. The second kappa shape index (κ2) is 14.1. The molecule has 1 saturated carbocycles. The minimum Gasteiger partial charge on any atom is -0.394 e. The van der Waals surface area contributed by atoms with Crippen LogP contribution in [0.4, 0.5) is 0 Å². The van der Waals surface area contributed by atoms with E-state index in [1.807, 2.05) is 0 Å². The van der Waals surface area contributed by atoms with Crippen LogP contribution in [0.2, 0.25) is 0 Å². The lowest BCUT2D eigenvalue weighted by molar-refractivity contribution is -0.373. The van der Waals surface area contributed by atoms with E-state index in [1.54, 1.807) is 7.05 Å². The van der Waals surface area contributed by atoms with Gasteiger partial charge in [-0.1, -0.05) is 0 Å². The van der Waals surface area contributed by atoms with Crippen molar-refractivity contribution in [3.05, 3.63) is 0 Å². The second-order valence-corrected chi connectivity index (χ2v) is 11.3. The normalized spacial score (nSPS) is 48.8. The fourth-order valence-electron chi connectivity index (χ4n) is 6.02. The molecule has 15 N–H and O–H groups in total. The third kappa shape index (κ3) is 7.17. The Morgan fingerprint density at radius 2 is 1.61 bits per heavy atom. The van der Waals surface area contributed by atoms with Gasteiger partial charge in [0.2, 0.25) is 5.91 Å². The molecule has 0 spiro atoms. The van der Waals surface area contributed by atoms with Crippen LogP contribution in [0.1, 0.15) is 25.7 Å². The summed E-state index contributed by atoms with van der Waals surface area (Å²) in [4.78, 5) is 12.0. The number of nitrogens with two attached hydrogens (primary N) is 4. The topological polar surface area (TPSA) is 293 Å². The standard InChI is InChI=1S/C24H46N6O11/c1-29-16-18(35)21-12(6-10(28)22(40-21)39-20-9(27)4-8(26)5-11(20)32)37-23(16)41-24-19(36)17(34)15(13(7-31)38-24)30-14(33)2-3-25/h8-13,15-24,29,31-32,34-36H,2-7,25-28H2,1H3,(H,30,33)/t8-,9?,10?,11?,12+,13?,15-,16?,17?,18?,19?,20-,21?,22+,23?,24-/m1/s1. The molecule has 17 heteroatoms. The molecule has 0 bridgehead atoms. The summed E-state index contributed by atoms with van der Waals surface area (Å²) in [6.45, 7) is -0.519. The molecule has 0 aromatic rings. The third-order valence-electron chi connectivity index (χ3n) is 8.22. The van der Waals surface area contributed by atoms with Crippen molar-refractivity contribution < 1.29 is 54.0 Å². The van der Waals surface area contributed by atoms with E-state index in [2.05, 4.69) is 10.6 Å². The van der Waals surface area contributed by atoms with Gasteiger partial charge in [0.1, 0.15) is 36.6 Å². The van der Waals surface area contributed by atoms with Crippen LogP contribution in [0.5, 0.6) is 0 Å². The second-order valence-electron chi connectivity index (χ2n) is 11.3. The number of fused-ring (bicyclic) bond motifs is 1. The molecule has 41 heavy (non-hydrogen) atoms. The minimum atomic E-state index is -1.64. The number of ether oxygens (including phenoxy) is 5. The molecule has 4 rings (SSSR count). The first-order chi connectivity index (χ1) is 19.5. The summed E-state index contributed by atoms with van der Waals surface area (Å²) in [5, 5.41) is 58.4. The lowest BCUT2D eigenvalue weighted by atomic mass is 9.86. The largest absolute Gasteiger partial charge is 0.394 e. The van der Waals surface area contributed by atoms with Crippen molar-refractivity contribution >= 4 is 5.91 Å². The molecular weight excluding hydrogens is 548 g/mol. The first-order valence-electron chi connectivity index (χ1n) is 14.0. The molecule has 1 aliphatic carbocycles. The smallest absolute Gasteiger partial charge is 0.221 e. The van der Waals surface area contributed by atoms with Gasteiger partial charge in [-0.3, -0.25) is 4.79 Å². The molecule has 10 unspecified atom stereocenters. The number of aliphatic hydroxyl groups is 5. The van der Waals surface area contributed by atoms with Crippen molar-refractivity contribution in [3.8, 4) is 0 Å². The Morgan fingerprint density at radius 1 is 0.878 bits per heavy atom. The van der Waals surface area contributed by atoms with E-state index in [4.69, 9.17) is 46.6 Å². The molecule has 3 aliphatic heterocycles. The number of carbonyl (C=O) groups excluding carboxylic acids is 1. The van der Waals surface area contributed by atoms with Gasteiger partial charge in [-0.2, -0.15) is 0 Å². The van der Waals surface area contributed by atoms with Crippen molar-refractivity contribution in [2.75, 3.05) is 20.2 Å². The summed E-state index contributed by atoms with van der Waals surface area (Å²) in [7, 11) is 1.56. The third-order valence-corrected chi connectivity index (χ3v) is 8.22. The van der Waals surface area contributed by atoms with Gasteiger partial charge in [0.25, 0.3) is 0 Å².